The second kappa shape index (κ2) is 5.32. The van der Waals surface area contributed by atoms with Crippen LogP contribution in [0.25, 0.3) is 10.9 Å². The van der Waals surface area contributed by atoms with E-state index in [1.165, 1.54) is 0 Å². The van der Waals surface area contributed by atoms with Gasteiger partial charge in [0.15, 0.2) is 5.78 Å². The van der Waals surface area contributed by atoms with Crippen LogP contribution in [0, 0.1) is 6.92 Å². The van der Waals surface area contributed by atoms with Crippen LogP contribution in [0.2, 0.25) is 0 Å². The number of carbonyl (C=O) groups excluding carboxylic acids is 1. The van der Waals surface area contributed by atoms with Crippen molar-refractivity contribution in [3.63, 3.8) is 0 Å². The number of para-hydroxylation sites is 1. The first-order valence-electron chi connectivity index (χ1n) is 6.73. The molecule has 2 heterocycles. The molecule has 2 N–H and O–H groups in total. The van der Waals surface area contributed by atoms with Crippen LogP contribution in [0.5, 0.6) is 0 Å². The molecule has 0 unspecified atom stereocenters. The number of fused-ring (bicyclic) bond motifs is 1. The Kier molecular flexibility index (Phi) is 3.36. The molecule has 0 radical (unpaired) electrons. The lowest BCUT2D eigenvalue weighted by molar-refractivity contribution is 0.0988. The lowest BCUT2D eigenvalue weighted by atomic mass is 10.0. The van der Waals surface area contributed by atoms with Crippen LogP contribution in [0.15, 0.2) is 48.7 Å². The SMILES string of the molecule is Cc1cc(C(=O)Cc2ccnc(N)c2)nc2ccccc12. The fourth-order valence-corrected chi connectivity index (χ4v) is 2.37. The summed E-state index contributed by atoms with van der Waals surface area (Å²) in [5, 5.41) is 1.07. The van der Waals surface area contributed by atoms with E-state index in [9.17, 15) is 4.79 Å². The highest BCUT2D eigenvalue weighted by Crippen LogP contribution is 2.18. The number of hydrogen-bond acceptors (Lipinski definition) is 4. The molecule has 3 aromatic rings. The molecule has 3 rings (SSSR count). The molecule has 0 saturated carbocycles. The molecule has 4 heteroatoms. The standard InChI is InChI=1S/C17H15N3O/c1-11-8-15(20-14-5-3-2-4-13(11)14)16(21)9-12-6-7-19-17(18)10-12/h2-8,10H,9H2,1H3,(H2,18,19). The lowest BCUT2D eigenvalue weighted by Gasteiger charge is -2.06. The van der Waals surface area contributed by atoms with Crippen LogP contribution in [0.3, 0.4) is 0 Å². The number of hydrogen-bond donors (Lipinski definition) is 1. The van der Waals surface area contributed by atoms with Gasteiger partial charge in [0.25, 0.3) is 0 Å². The fourth-order valence-electron chi connectivity index (χ4n) is 2.37. The summed E-state index contributed by atoms with van der Waals surface area (Å²) in [6.45, 7) is 1.99. The summed E-state index contributed by atoms with van der Waals surface area (Å²) in [5.74, 6) is 0.400. The van der Waals surface area contributed by atoms with Gasteiger partial charge in [0.2, 0.25) is 0 Å². The highest BCUT2D eigenvalue weighted by molar-refractivity contribution is 5.98. The molecule has 104 valence electrons. The first kappa shape index (κ1) is 13.2. The van der Waals surface area contributed by atoms with Gasteiger partial charge in [-0.1, -0.05) is 18.2 Å². The minimum Gasteiger partial charge on any atom is -0.384 e. The Balaban J connectivity index is 1.94. The van der Waals surface area contributed by atoms with Gasteiger partial charge in [-0.05, 0) is 42.3 Å². The van der Waals surface area contributed by atoms with Gasteiger partial charge >= 0.3 is 0 Å². The van der Waals surface area contributed by atoms with Gasteiger partial charge < -0.3 is 5.73 Å². The summed E-state index contributed by atoms with van der Waals surface area (Å²) in [5.41, 5.74) is 8.86. The molecule has 0 aliphatic carbocycles. The second-order valence-electron chi connectivity index (χ2n) is 5.03. The number of benzene rings is 1. The van der Waals surface area contributed by atoms with Gasteiger partial charge in [-0.15, -0.1) is 0 Å². The number of aryl methyl sites for hydroxylation is 1. The van der Waals surface area contributed by atoms with Crippen molar-refractivity contribution in [3.05, 3.63) is 65.5 Å². The van der Waals surface area contributed by atoms with E-state index >= 15 is 0 Å². The molecule has 0 aliphatic rings. The van der Waals surface area contributed by atoms with Crippen molar-refractivity contribution in [2.24, 2.45) is 0 Å². The molecular formula is C17H15N3O. The lowest BCUT2D eigenvalue weighted by Crippen LogP contribution is -2.07. The van der Waals surface area contributed by atoms with Crippen LogP contribution in [-0.4, -0.2) is 15.8 Å². The van der Waals surface area contributed by atoms with Crippen LogP contribution in [0.4, 0.5) is 5.82 Å². The van der Waals surface area contributed by atoms with Crippen LogP contribution < -0.4 is 5.73 Å². The average Bonchev–Trinajstić information content (AvgIpc) is 2.47. The van der Waals surface area contributed by atoms with Crippen LogP contribution in [-0.2, 0) is 6.42 Å². The van der Waals surface area contributed by atoms with E-state index in [-0.39, 0.29) is 12.2 Å². The van der Waals surface area contributed by atoms with E-state index in [4.69, 9.17) is 5.73 Å². The molecule has 0 saturated heterocycles. The molecule has 0 aliphatic heterocycles. The van der Waals surface area contributed by atoms with Crippen molar-refractivity contribution in [2.75, 3.05) is 5.73 Å². The monoisotopic (exact) mass is 277 g/mol. The maximum Gasteiger partial charge on any atom is 0.185 e. The number of nitrogens with two attached hydrogens (primary N) is 1. The molecule has 4 nitrogen and oxygen atoms in total. The summed E-state index contributed by atoms with van der Waals surface area (Å²) >= 11 is 0. The number of nitrogens with zero attached hydrogens (tertiary/aromatic N) is 2. The van der Waals surface area contributed by atoms with E-state index in [0.29, 0.717) is 11.5 Å². The molecule has 21 heavy (non-hydrogen) atoms. The van der Waals surface area contributed by atoms with Gasteiger partial charge in [-0.3, -0.25) is 4.79 Å². The third-order valence-corrected chi connectivity index (χ3v) is 3.42. The average molecular weight is 277 g/mol. The Morgan fingerprint density at radius 2 is 2.00 bits per heavy atom. The highest BCUT2D eigenvalue weighted by atomic mass is 16.1. The number of ketones is 1. The summed E-state index contributed by atoms with van der Waals surface area (Å²) in [7, 11) is 0. The van der Waals surface area contributed by atoms with Crippen molar-refractivity contribution in [3.8, 4) is 0 Å². The van der Waals surface area contributed by atoms with Gasteiger partial charge in [-0.2, -0.15) is 0 Å². The molecule has 0 atom stereocenters. The Hall–Kier alpha value is -2.75. The maximum atomic E-state index is 12.4. The summed E-state index contributed by atoms with van der Waals surface area (Å²) in [4.78, 5) is 20.8. The number of nitrogen functional groups attached to an aromatic ring is 1. The van der Waals surface area contributed by atoms with E-state index < -0.39 is 0 Å². The van der Waals surface area contributed by atoms with Crippen LogP contribution >= 0.6 is 0 Å². The van der Waals surface area contributed by atoms with Crippen molar-refractivity contribution < 1.29 is 4.79 Å². The van der Waals surface area contributed by atoms with Gasteiger partial charge in [0, 0.05) is 18.0 Å². The van der Waals surface area contributed by atoms with Gasteiger partial charge in [-0.25, -0.2) is 9.97 Å². The number of carbonyl (C=O) groups is 1. The summed E-state index contributed by atoms with van der Waals surface area (Å²) in [6, 6.07) is 13.2. The van der Waals surface area contributed by atoms with E-state index in [1.54, 1.807) is 18.3 Å². The molecule has 0 amide bonds. The van der Waals surface area contributed by atoms with Gasteiger partial charge in [0.05, 0.1) is 5.52 Å². The van der Waals surface area contributed by atoms with Crippen molar-refractivity contribution in [2.45, 2.75) is 13.3 Å². The quantitative estimate of drug-likeness (QED) is 0.747. The number of anilines is 1. The van der Waals surface area contributed by atoms with E-state index in [1.807, 2.05) is 37.3 Å². The number of pyridine rings is 2. The molecule has 0 bridgehead atoms. The van der Waals surface area contributed by atoms with Crippen molar-refractivity contribution >= 4 is 22.5 Å². The zero-order chi connectivity index (χ0) is 14.8. The van der Waals surface area contributed by atoms with Crippen LogP contribution in [0.1, 0.15) is 21.6 Å². The minimum atomic E-state index is -0.0190. The Morgan fingerprint density at radius 3 is 2.81 bits per heavy atom. The highest BCUT2D eigenvalue weighted by Gasteiger charge is 2.11. The van der Waals surface area contributed by atoms with E-state index in [0.717, 1.165) is 22.0 Å². The van der Waals surface area contributed by atoms with Crippen molar-refractivity contribution in [1.29, 1.82) is 0 Å². The minimum absolute atomic E-state index is 0.0190. The molecular weight excluding hydrogens is 262 g/mol. The number of aromatic nitrogens is 2. The predicted molar refractivity (Wildman–Crippen MR) is 83.2 cm³/mol. The molecule has 0 fully saturated rings. The number of rotatable bonds is 3. The summed E-state index contributed by atoms with van der Waals surface area (Å²) in [6.07, 6.45) is 1.88. The maximum absolute atomic E-state index is 12.4. The zero-order valence-electron chi connectivity index (χ0n) is 11.7. The zero-order valence-corrected chi connectivity index (χ0v) is 11.7. The normalized spacial score (nSPS) is 10.7. The smallest absolute Gasteiger partial charge is 0.185 e. The third kappa shape index (κ3) is 2.74. The first-order valence-corrected chi connectivity index (χ1v) is 6.73. The Labute approximate surface area is 122 Å². The van der Waals surface area contributed by atoms with Gasteiger partial charge in [0.1, 0.15) is 11.5 Å². The Bertz CT molecular complexity index is 827. The molecule has 2 aromatic heterocycles. The Morgan fingerprint density at radius 1 is 1.19 bits per heavy atom. The number of Topliss-reactive ketones (excluding diaryl/α,β-unsaturated/α-hetero) is 1. The first-order chi connectivity index (χ1) is 10.1. The molecule has 0 spiro atoms. The van der Waals surface area contributed by atoms with Crippen molar-refractivity contribution in [1.82, 2.24) is 9.97 Å². The third-order valence-electron chi connectivity index (χ3n) is 3.42. The predicted octanol–water partition coefficient (Wildman–Crippen LogP) is 2.95. The van der Waals surface area contributed by atoms with E-state index in [2.05, 4.69) is 9.97 Å². The fraction of sp³-hybridized carbons (Fsp3) is 0.118. The molecule has 1 aromatic carbocycles. The summed E-state index contributed by atoms with van der Waals surface area (Å²) < 4.78 is 0. The largest absolute Gasteiger partial charge is 0.384 e. The topological polar surface area (TPSA) is 68.9 Å². The second-order valence-corrected chi connectivity index (χ2v) is 5.03.